The number of phenolic OH excluding ortho intramolecular Hbond substituents is 1. The van der Waals surface area contributed by atoms with Crippen LogP contribution in [0.25, 0.3) is 0 Å². The van der Waals surface area contributed by atoms with Gasteiger partial charge < -0.3 is 25.4 Å². The van der Waals surface area contributed by atoms with Crippen LogP contribution in [0.5, 0.6) is 5.75 Å². The van der Waals surface area contributed by atoms with Crippen LogP contribution in [0.4, 0.5) is 4.79 Å². The Morgan fingerprint density at radius 2 is 1.65 bits per heavy atom. The van der Waals surface area contributed by atoms with Gasteiger partial charge in [0.25, 0.3) is 0 Å². The third-order valence-electron chi connectivity index (χ3n) is 6.64. The van der Waals surface area contributed by atoms with Crippen molar-refractivity contribution >= 4 is 17.9 Å². The molecule has 0 bridgehead atoms. The number of hydrogen-bond donors (Lipinski definition) is 3. The van der Waals surface area contributed by atoms with Crippen molar-refractivity contribution in [3.8, 4) is 5.75 Å². The van der Waals surface area contributed by atoms with Crippen LogP contribution in [-0.2, 0) is 14.3 Å². The first kappa shape index (κ1) is 32.3. The highest BCUT2D eigenvalue weighted by Gasteiger charge is 2.40. The molecule has 37 heavy (non-hydrogen) atoms. The van der Waals surface area contributed by atoms with Gasteiger partial charge in [0.1, 0.15) is 23.4 Å². The number of carbonyl (C=O) groups excluding carboxylic acids is 3. The number of rotatable bonds is 12. The largest absolute Gasteiger partial charge is 0.508 e. The Morgan fingerprint density at radius 3 is 2.14 bits per heavy atom. The maximum Gasteiger partial charge on any atom is 0.408 e. The first-order valence-electron chi connectivity index (χ1n) is 13.6. The van der Waals surface area contributed by atoms with E-state index in [9.17, 15) is 19.5 Å². The normalized spacial score (nSPS) is 15.6. The predicted molar refractivity (Wildman–Crippen MR) is 147 cm³/mol. The van der Waals surface area contributed by atoms with E-state index >= 15 is 0 Å². The molecule has 0 aliphatic rings. The summed E-state index contributed by atoms with van der Waals surface area (Å²) in [6.07, 6.45) is 2.29. The SMILES string of the molecule is CCCC(C)NC(=O)C(c1ccc(O)c(C)c1)N(C(=O)C(NC(=O)OC(C)(C)C)C(C)CC)C(C)CC. The van der Waals surface area contributed by atoms with Crippen molar-refractivity contribution in [1.82, 2.24) is 15.5 Å². The lowest BCUT2D eigenvalue weighted by atomic mass is 9.93. The number of alkyl carbamates (subject to hydrolysis) is 1. The Labute approximate surface area is 223 Å². The van der Waals surface area contributed by atoms with Gasteiger partial charge in [-0.3, -0.25) is 9.59 Å². The lowest BCUT2D eigenvalue weighted by molar-refractivity contribution is -0.146. The number of hydrogen-bond acceptors (Lipinski definition) is 5. The highest BCUT2D eigenvalue weighted by Crippen LogP contribution is 2.30. The number of amides is 3. The first-order valence-corrected chi connectivity index (χ1v) is 13.6. The summed E-state index contributed by atoms with van der Waals surface area (Å²) < 4.78 is 5.45. The van der Waals surface area contributed by atoms with Crippen molar-refractivity contribution in [1.29, 1.82) is 0 Å². The molecule has 0 radical (unpaired) electrons. The molecule has 0 aliphatic carbocycles. The Hall–Kier alpha value is -2.77. The van der Waals surface area contributed by atoms with Crippen LogP contribution in [0, 0.1) is 12.8 Å². The molecule has 0 heterocycles. The van der Waals surface area contributed by atoms with Crippen molar-refractivity contribution in [3.63, 3.8) is 0 Å². The standard InChI is InChI=1S/C29H49N3O5/c1-11-14-20(6)30-26(34)25(22-15-16-23(33)19(5)17-22)32(21(7)13-3)27(35)24(18(4)12-2)31-28(36)37-29(8,9)10/h15-18,20-21,24-25,33H,11-14H2,1-10H3,(H,30,34)(H,31,36). The number of benzene rings is 1. The summed E-state index contributed by atoms with van der Waals surface area (Å²) in [5.41, 5.74) is 0.495. The van der Waals surface area contributed by atoms with Gasteiger partial charge in [0, 0.05) is 12.1 Å². The second-order valence-electron chi connectivity index (χ2n) is 11.2. The van der Waals surface area contributed by atoms with E-state index in [1.165, 1.54) is 0 Å². The van der Waals surface area contributed by atoms with E-state index in [0.29, 0.717) is 24.0 Å². The summed E-state index contributed by atoms with van der Waals surface area (Å²) in [5, 5.41) is 16.0. The molecule has 0 saturated heterocycles. The average Bonchev–Trinajstić information content (AvgIpc) is 2.80. The molecular weight excluding hydrogens is 470 g/mol. The van der Waals surface area contributed by atoms with E-state index in [-0.39, 0.29) is 35.6 Å². The molecule has 0 aliphatic heterocycles. The fourth-order valence-corrected chi connectivity index (χ4v) is 4.19. The number of aryl methyl sites for hydroxylation is 1. The Kier molecular flexibility index (Phi) is 12.4. The van der Waals surface area contributed by atoms with Gasteiger partial charge in [0.05, 0.1) is 0 Å². The predicted octanol–water partition coefficient (Wildman–Crippen LogP) is 5.61. The fraction of sp³-hybridized carbons (Fsp3) is 0.690. The third-order valence-corrected chi connectivity index (χ3v) is 6.64. The van der Waals surface area contributed by atoms with Crippen LogP contribution in [0.2, 0.25) is 0 Å². The van der Waals surface area contributed by atoms with E-state index in [1.807, 2.05) is 34.6 Å². The molecule has 1 aromatic rings. The lowest BCUT2D eigenvalue weighted by Gasteiger charge is -2.39. The second kappa shape index (κ2) is 14.2. The minimum Gasteiger partial charge on any atom is -0.508 e. The van der Waals surface area contributed by atoms with Crippen molar-refractivity contribution in [2.24, 2.45) is 5.92 Å². The van der Waals surface area contributed by atoms with Crippen molar-refractivity contribution in [2.75, 3.05) is 0 Å². The van der Waals surface area contributed by atoms with Crippen LogP contribution in [0.1, 0.15) is 105 Å². The quantitative estimate of drug-likeness (QED) is 0.332. The minimum atomic E-state index is -0.937. The second-order valence-corrected chi connectivity index (χ2v) is 11.2. The van der Waals surface area contributed by atoms with Crippen LogP contribution >= 0.6 is 0 Å². The number of nitrogens with zero attached hydrogens (tertiary/aromatic N) is 1. The minimum absolute atomic E-state index is 0.0719. The summed E-state index contributed by atoms with van der Waals surface area (Å²) in [7, 11) is 0. The van der Waals surface area contributed by atoms with Crippen LogP contribution in [0.3, 0.4) is 0 Å². The van der Waals surface area contributed by atoms with Crippen LogP contribution < -0.4 is 10.6 Å². The average molecular weight is 520 g/mol. The maximum absolute atomic E-state index is 14.3. The molecule has 3 amide bonds. The fourth-order valence-electron chi connectivity index (χ4n) is 4.19. The van der Waals surface area contributed by atoms with Gasteiger partial charge in [-0.2, -0.15) is 0 Å². The molecule has 8 nitrogen and oxygen atoms in total. The Balaban J connectivity index is 3.62. The van der Waals surface area contributed by atoms with Gasteiger partial charge in [0.15, 0.2) is 0 Å². The van der Waals surface area contributed by atoms with E-state index in [1.54, 1.807) is 50.8 Å². The summed E-state index contributed by atoms with van der Waals surface area (Å²) >= 11 is 0. The van der Waals surface area contributed by atoms with Gasteiger partial charge in [-0.05, 0) is 83.6 Å². The van der Waals surface area contributed by atoms with Crippen molar-refractivity contribution < 1.29 is 24.2 Å². The van der Waals surface area contributed by atoms with Crippen LogP contribution in [0.15, 0.2) is 18.2 Å². The van der Waals surface area contributed by atoms with Crippen molar-refractivity contribution in [2.45, 2.75) is 125 Å². The molecule has 3 N–H and O–H groups in total. The monoisotopic (exact) mass is 519 g/mol. The topological polar surface area (TPSA) is 108 Å². The smallest absolute Gasteiger partial charge is 0.408 e. The summed E-state index contributed by atoms with van der Waals surface area (Å²) in [5.74, 6) is -0.716. The highest BCUT2D eigenvalue weighted by atomic mass is 16.6. The number of ether oxygens (including phenoxy) is 1. The van der Waals surface area contributed by atoms with E-state index in [4.69, 9.17) is 4.74 Å². The molecular formula is C29H49N3O5. The van der Waals surface area contributed by atoms with Gasteiger partial charge in [0.2, 0.25) is 11.8 Å². The van der Waals surface area contributed by atoms with Gasteiger partial charge >= 0.3 is 6.09 Å². The van der Waals surface area contributed by atoms with E-state index in [2.05, 4.69) is 17.6 Å². The number of carbonyl (C=O) groups is 3. The molecule has 8 heteroatoms. The number of nitrogens with one attached hydrogen (secondary N) is 2. The van der Waals surface area contributed by atoms with E-state index < -0.39 is 23.8 Å². The molecule has 210 valence electrons. The van der Waals surface area contributed by atoms with Crippen LogP contribution in [-0.4, -0.2) is 51.6 Å². The molecule has 0 saturated carbocycles. The number of aromatic hydroxyl groups is 1. The summed E-state index contributed by atoms with van der Waals surface area (Å²) in [6, 6.07) is 2.78. The van der Waals surface area contributed by atoms with Gasteiger partial charge in [-0.15, -0.1) is 0 Å². The molecule has 0 fully saturated rings. The summed E-state index contributed by atoms with van der Waals surface area (Å²) in [4.78, 5) is 42.3. The zero-order chi connectivity index (χ0) is 28.5. The highest BCUT2D eigenvalue weighted by molar-refractivity contribution is 5.92. The van der Waals surface area contributed by atoms with E-state index in [0.717, 1.165) is 12.8 Å². The Morgan fingerprint density at radius 1 is 1.03 bits per heavy atom. The molecule has 1 rings (SSSR count). The van der Waals surface area contributed by atoms with Gasteiger partial charge in [-0.1, -0.05) is 46.6 Å². The maximum atomic E-state index is 14.3. The molecule has 5 atom stereocenters. The molecule has 5 unspecified atom stereocenters. The zero-order valence-electron chi connectivity index (χ0n) is 24.5. The molecule has 0 aromatic heterocycles. The third kappa shape index (κ3) is 9.56. The number of phenols is 1. The first-order chi connectivity index (χ1) is 17.2. The van der Waals surface area contributed by atoms with Crippen molar-refractivity contribution in [3.05, 3.63) is 29.3 Å². The Bertz CT molecular complexity index is 911. The molecule has 0 spiro atoms. The zero-order valence-corrected chi connectivity index (χ0v) is 24.5. The lowest BCUT2D eigenvalue weighted by Crippen LogP contribution is -2.57. The molecule has 1 aromatic carbocycles. The van der Waals surface area contributed by atoms with Gasteiger partial charge in [-0.25, -0.2) is 4.79 Å². The summed E-state index contributed by atoms with van der Waals surface area (Å²) in [6.45, 7) is 18.8.